The molecule has 9 nitrogen and oxygen atoms in total. The van der Waals surface area contributed by atoms with Gasteiger partial charge in [-0.2, -0.15) is 0 Å². The van der Waals surface area contributed by atoms with Crippen LogP contribution in [0.5, 0.6) is 0 Å². The summed E-state index contributed by atoms with van der Waals surface area (Å²) >= 11 is 0. The molecule has 1 fully saturated rings. The maximum atomic E-state index is 12.6. The second kappa shape index (κ2) is 11.3. The fourth-order valence-electron chi connectivity index (χ4n) is 3.33. The highest BCUT2D eigenvalue weighted by atomic mass is 16.6. The summed E-state index contributed by atoms with van der Waals surface area (Å²) in [7, 11) is 3.84. The largest absolute Gasteiger partial charge is 0.394 e. The number of aliphatic hydroxyl groups excluding tert-OH is 4. The molecule has 32 heavy (non-hydrogen) atoms. The van der Waals surface area contributed by atoms with Crippen molar-refractivity contribution in [2.24, 2.45) is 5.92 Å². The quantitative estimate of drug-likeness (QED) is 0.213. The zero-order valence-corrected chi connectivity index (χ0v) is 18.7. The van der Waals surface area contributed by atoms with Gasteiger partial charge in [0, 0.05) is 37.3 Å². The first-order valence-corrected chi connectivity index (χ1v) is 10.3. The molecule has 9 heteroatoms. The number of benzene rings is 1. The molecule has 1 saturated heterocycles. The Bertz CT molecular complexity index is 848. The van der Waals surface area contributed by atoms with E-state index >= 15 is 0 Å². The van der Waals surface area contributed by atoms with E-state index in [0.29, 0.717) is 11.1 Å². The standard InChI is InChI=1S/C23H32N2O7/c1-13(11-14(2)19(28)15-6-8-16(9-7-15)25(3)4)5-10-18(27)24-23-22(31)21(30)20(29)17(12-26)32-23/h5-11,14,17,20-23,26,29-31H,12H2,1-4H3,(H,24,27)/b10-5+,13-11+/t14-,17+,20+,21-,22+,23-/m0/s1. The van der Waals surface area contributed by atoms with Crippen LogP contribution in [0.15, 0.2) is 48.1 Å². The average Bonchev–Trinajstić information content (AvgIpc) is 2.77. The molecule has 2 rings (SSSR count). The van der Waals surface area contributed by atoms with Crippen molar-refractivity contribution in [2.45, 2.75) is 44.5 Å². The first-order valence-electron chi connectivity index (χ1n) is 10.3. The van der Waals surface area contributed by atoms with Gasteiger partial charge >= 0.3 is 0 Å². The molecule has 6 atom stereocenters. The number of Topliss-reactive ketones (excluding diaryl/α,β-unsaturated/α-hetero) is 1. The Morgan fingerprint density at radius 2 is 1.72 bits per heavy atom. The van der Waals surface area contributed by atoms with Crippen LogP contribution < -0.4 is 10.2 Å². The van der Waals surface area contributed by atoms with Crippen molar-refractivity contribution in [1.29, 1.82) is 0 Å². The van der Waals surface area contributed by atoms with E-state index in [4.69, 9.17) is 4.74 Å². The maximum absolute atomic E-state index is 12.6. The van der Waals surface area contributed by atoms with Gasteiger partial charge < -0.3 is 35.4 Å². The van der Waals surface area contributed by atoms with Gasteiger partial charge in [-0.05, 0) is 31.2 Å². The second-order valence-corrected chi connectivity index (χ2v) is 8.10. The van der Waals surface area contributed by atoms with E-state index < -0.39 is 49.1 Å². The molecule has 5 N–H and O–H groups in total. The zero-order chi connectivity index (χ0) is 24.0. The third-order valence-corrected chi connectivity index (χ3v) is 5.27. The van der Waals surface area contributed by atoms with Crippen molar-refractivity contribution in [2.75, 3.05) is 25.6 Å². The van der Waals surface area contributed by atoms with Gasteiger partial charge in [0.25, 0.3) is 0 Å². The lowest BCUT2D eigenvalue weighted by Gasteiger charge is -2.39. The van der Waals surface area contributed by atoms with Crippen molar-refractivity contribution >= 4 is 17.4 Å². The molecule has 1 aromatic carbocycles. The van der Waals surface area contributed by atoms with Crippen molar-refractivity contribution in [3.05, 3.63) is 53.6 Å². The summed E-state index contributed by atoms with van der Waals surface area (Å²) in [6.45, 7) is 2.93. The molecule has 0 aromatic heterocycles. The van der Waals surface area contributed by atoms with E-state index in [1.165, 1.54) is 12.2 Å². The fourth-order valence-corrected chi connectivity index (χ4v) is 3.33. The summed E-state index contributed by atoms with van der Waals surface area (Å²) in [6, 6.07) is 7.31. The molecule has 0 spiro atoms. The van der Waals surface area contributed by atoms with E-state index in [0.717, 1.165) is 5.69 Å². The van der Waals surface area contributed by atoms with Gasteiger partial charge in [-0.3, -0.25) is 9.59 Å². The Kier molecular flexibility index (Phi) is 9.11. The maximum Gasteiger partial charge on any atom is 0.246 e. The Morgan fingerprint density at radius 1 is 1.09 bits per heavy atom. The minimum absolute atomic E-state index is 0.0474. The first-order chi connectivity index (χ1) is 15.0. The lowest BCUT2D eigenvalue weighted by molar-refractivity contribution is -0.235. The van der Waals surface area contributed by atoms with Crippen LogP contribution in [0, 0.1) is 5.92 Å². The molecule has 0 bridgehead atoms. The van der Waals surface area contributed by atoms with Crippen molar-refractivity contribution in [1.82, 2.24) is 5.32 Å². The van der Waals surface area contributed by atoms with Crippen LogP contribution in [0.1, 0.15) is 24.2 Å². The van der Waals surface area contributed by atoms with Crippen LogP contribution in [-0.2, 0) is 9.53 Å². The zero-order valence-electron chi connectivity index (χ0n) is 18.7. The van der Waals surface area contributed by atoms with Crippen LogP contribution in [0.4, 0.5) is 5.69 Å². The minimum Gasteiger partial charge on any atom is -0.394 e. The van der Waals surface area contributed by atoms with Gasteiger partial charge in [-0.15, -0.1) is 0 Å². The number of carbonyl (C=O) groups excluding carboxylic acids is 2. The van der Waals surface area contributed by atoms with Crippen molar-refractivity contribution in [3.63, 3.8) is 0 Å². The number of anilines is 1. The number of allylic oxidation sites excluding steroid dienone is 3. The SMILES string of the molecule is CC(/C=C/C(=O)N[C@H]1O[C@H](CO)[C@@H](O)[C@H](O)[C@H]1O)=C\[C@H](C)C(=O)c1ccc(N(C)C)cc1. The molecule has 0 unspecified atom stereocenters. The predicted molar refractivity (Wildman–Crippen MR) is 119 cm³/mol. The van der Waals surface area contributed by atoms with E-state index in [-0.39, 0.29) is 5.78 Å². The van der Waals surface area contributed by atoms with Gasteiger partial charge in [0.2, 0.25) is 5.91 Å². The second-order valence-electron chi connectivity index (χ2n) is 8.10. The number of rotatable bonds is 8. The smallest absolute Gasteiger partial charge is 0.246 e. The lowest BCUT2D eigenvalue weighted by Crippen LogP contribution is -2.63. The number of hydrogen-bond donors (Lipinski definition) is 5. The van der Waals surface area contributed by atoms with Gasteiger partial charge in [-0.1, -0.05) is 24.6 Å². The Morgan fingerprint density at radius 3 is 2.28 bits per heavy atom. The predicted octanol–water partition coefficient (Wildman–Crippen LogP) is -0.01000. The highest BCUT2D eigenvalue weighted by Crippen LogP contribution is 2.20. The van der Waals surface area contributed by atoms with E-state index in [9.17, 15) is 30.0 Å². The van der Waals surface area contributed by atoms with E-state index in [1.54, 1.807) is 32.1 Å². The number of aliphatic hydroxyl groups is 4. The number of amides is 1. The number of ether oxygens (including phenoxy) is 1. The third kappa shape index (κ3) is 6.47. The molecule has 0 aliphatic carbocycles. The van der Waals surface area contributed by atoms with E-state index in [1.807, 2.05) is 31.1 Å². The van der Waals surface area contributed by atoms with Gasteiger partial charge in [0.1, 0.15) is 24.4 Å². The van der Waals surface area contributed by atoms with Crippen LogP contribution in [0.2, 0.25) is 0 Å². The first kappa shape index (κ1) is 25.7. The molecule has 0 radical (unpaired) electrons. The lowest BCUT2D eigenvalue weighted by atomic mass is 9.97. The Hall–Kier alpha value is -2.56. The number of hydrogen-bond acceptors (Lipinski definition) is 8. The minimum atomic E-state index is -1.57. The summed E-state index contributed by atoms with van der Waals surface area (Å²) < 4.78 is 5.24. The Labute approximate surface area is 187 Å². The van der Waals surface area contributed by atoms with Gasteiger partial charge in [0.15, 0.2) is 12.0 Å². The van der Waals surface area contributed by atoms with Gasteiger partial charge in [-0.25, -0.2) is 0 Å². The van der Waals surface area contributed by atoms with Crippen molar-refractivity contribution in [3.8, 4) is 0 Å². The summed E-state index contributed by atoms with van der Waals surface area (Å²) in [5, 5.41) is 41.1. The summed E-state index contributed by atoms with van der Waals surface area (Å²) in [6.07, 6.45) is -2.58. The average molecular weight is 449 g/mol. The molecular weight excluding hydrogens is 416 g/mol. The van der Waals surface area contributed by atoms with Crippen LogP contribution in [-0.4, -0.2) is 83.5 Å². The summed E-state index contributed by atoms with van der Waals surface area (Å²) in [5.74, 6) is -1.06. The molecule has 1 aliphatic heterocycles. The normalized spacial score (nSPS) is 27.2. The highest BCUT2D eigenvalue weighted by Gasteiger charge is 2.43. The molecule has 0 saturated carbocycles. The number of nitrogens with zero attached hydrogens (tertiary/aromatic N) is 1. The summed E-state index contributed by atoms with van der Waals surface area (Å²) in [5.41, 5.74) is 2.27. The number of carbonyl (C=O) groups is 2. The van der Waals surface area contributed by atoms with Crippen molar-refractivity contribution < 1.29 is 34.8 Å². The molecule has 176 valence electrons. The molecule has 1 heterocycles. The molecular formula is C23H32N2O7. The van der Waals surface area contributed by atoms with Crippen LogP contribution >= 0.6 is 0 Å². The van der Waals surface area contributed by atoms with Gasteiger partial charge in [0.05, 0.1) is 6.61 Å². The fraction of sp³-hybridized carbons (Fsp3) is 0.478. The number of ketones is 1. The highest BCUT2D eigenvalue weighted by molar-refractivity contribution is 5.99. The monoisotopic (exact) mass is 448 g/mol. The molecule has 1 amide bonds. The topological polar surface area (TPSA) is 140 Å². The molecule has 1 aromatic rings. The molecule has 1 aliphatic rings. The Balaban J connectivity index is 1.96. The summed E-state index contributed by atoms with van der Waals surface area (Å²) in [4.78, 5) is 26.8. The van der Waals surface area contributed by atoms with Crippen LogP contribution in [0.25, 0.3) is 0 Å². The van der Waals surface area contributed by atoms with E-state index in [2.05, 4.69) is 5.32 Å². The van der Waals surface area contributed by atoms with Crippen LogP contribution in [0.3, 0.4) is 0 Å². The third-order valence-electron chi connectivity index (χ3n) is 5.27. The number of nitrogens with one attached hydrogen (secondary N) is 1.